The van der Waals surface area contributed by atoms with E-state index in [1.165, 1.54) is 12.1 Å². The van der Waals surface area contributed by atoms with E-state index in [9.17, 15) is 49.1 Å². The summed E-state index contributed by atoms with van der Waals surface area (Å²) in [6, 6.07) is 14.0. The van der Waals surface area contributed by atoms with Crippen molar-refractivity contribution >= 4 is 11.8 Å². The number of Topliss-reactive ketones (excluding diaryl/α,β-unsaturated/α-hetero) is 1. The Kier molecular flexibility index (Phi) is 13.8. The second kappa shape index (κ2) is 17.8. The highest BCUT2D eigenvalue weighted by Gasteiger charge is 2.45. The predicted octanol–water partition coefficient (Wildman–Crippen LogP) is 10.7. The summed E-state index contributed by atoms with van der Waals surface area (Å²) < 4.78 is 153. The lowest BCUT2D eigenvalue weighted by Gasteiger charge is -2.36. The number of carbonyl (C=O) groups is 2. The molecule has 0 saturated heterocycles. The van der Waals surface area contributed by atoms with Crippen molar-refractivity contribution in [3.05, 3.63) is 130 Å². The van der Waals surface area contributed by atoms with Crippen molar-refractivity contribution in [1.29, 1.82) is 0 Å². The number of esters is 1. The minimum Gasteiger partial charge on any atom is -0.494 e. The molecule has 0 aromatic heterocycles. The molecule has 4 aromatic carbocycles. The fourth-order valence-corrected chi connectivity index (χ4v) is 5.82. The molecule has 0 bridgehead atoms. The first-order valence-corrected chi connectivity index (χ1v) is 16.6. The maximum absolute atomic E-state index is 15.2. The molecule has 0 radical (unpaired) electrons. The third-order valence-electron chi connectivity index (χ3n) is 8.41. The Balaban J connectivity index is 1.76. The van der Waals surface area contributed by atoms with Crippen LogP contribution in [0.1, 0.15) is 71.6 Å². The Bertz CT molecular complexity index is 1880. The molecule has 0 aliphatic heterocycles. The molecule has 1 atom stereocenters. The lowest BCUT2D eigenvalue weighted by molar-refractivity contribution is -0.253. The Morgan fingerprint density at radius 2 is 1.41 bits per heavy atom. The molecule has 4 rings (SSSR count). The van der Waals surface area contributed by atoms with Gasteiger partial charge in [0.2, 0.25) is 0 Å². The minimum absolute atomic E-state index is 0.0516. The minimum atomic E-state index is -5.19. The number of halogens is 10. The van der Waals surface area contributed by atoms with Gasteiger partial charge in [0.25, 0.3) is 0 Å². The molecule has 0 aliphatic carbocycles. The van der Waals surface area contributed by atoms with Crippen LogP contribution in [0.5, 0.6) is 11.5 Å². The van der Waals surface area contributed by atoms with E-state index in [-0.39, 0.29) is 43.2 Å². The summed E-state index contributed by atoms with van der Waals surface area (Å²) in [4.78, 5) is 25.4. The van der Waals surface area contributed by atoms with Crippen molar-refractivity contribution in [2.75, 3.05) is 13.2 Å². The standard InChI is InChI=1S/C39H34F10O5/c1-2-52-35(51)6-4-3-5-17-53-30-14-7-24(8-15-30)22-37(26-10-12-28(40)13-11-26,23-34(50)25-9-16-33(42)32(18-25)38(45,46)47)27-19-29(41)21-31(20-27)54-39(48,49)36(43)44/h7-16,18-21,36H,2-6,17,22-23H2,1H3/t37-/m1/s1. The number of alkyl halides is 7. The van der Waals surface area contributed by atoms with Gasteiger partial charge < -0.3 is 14.2 Å². The van der Waals surface area contributed by atoms with Gasteiger partial charge in [-0.25, -0.2) is 13.2 Å². The van der Waals surface area contributed by atoms with Gasteiger partial charge in [-0.3, -0.25) is 9.59 Å². The lowest BCUT2D eigenvalue weighted by atomic mass is 9.67. The van der Waals surface area contributed by atoms with Crippen LogP contribution in [0.4, 0.5) is 43.9 Å². The first-order chi connectivity index (χ1) is 25.4. The number of ketones is 1. The Labute approximate surface area is 303 Å². The van der Waals surface area contributed by atoms with Gasteiger partial charge in [0.1, 0.15) is 29.0 Å². The highest BCUT2D eigenvalue weighted by Crippen LogP contribution is 2.43. The highest BCUT2D eigenvalue weighted by molar-refractivity contribution is 5.97. The second-order valence-electron chi connectivity index (χ2n) is 12.3. The molecular formula is C39H34F10O5. The highest BCUT2D eigenvalue weighted by atomic mass is 19.4. The summed E-state index contributed by atoms with van der Waals surface area (Å²) >= 11 is 0. The summed E-state index contributed by atoms with van der Waals surface area (Å²) in [6.45, 7) is 2.27. The molecule has 0 spiro atoms. The molecule has 54 heavy (non-hydrogen) atoms. The first-order valence-electron chi connectivity index (χ1n) is 16.6. The van der Waals surface area contributed by atoms with Crippen molar-refractivity contribution in [3.8, 4) is 11.5 Å². The fourth-order valence-electron chi connectivity index (χ4n) is 5.82. The van der Waals surface area contributed by atoms with E-state index in [0.717, 1.165) is 30.3 Å². The Morgan fingerprint density at radius 1 is 0.722 bits per heavy atom. The van der Waals surface area contributed by atoms with Crippen LogP contribution in [0.15, 0.2) is 84.9 Å². The molecule has 5 nitrogen and oxygen atoms in total. The molecule has 0 aliphatic rings. The fraction of sp³-hybridized carbons (Fsp3) is 0.333. The number of carbonyl (C=O) groups excluding carboxylic acids is 2. The molecule has 0 amide bonds. The lowest BCUT2D eigenvalue weighted by Crippen LogP contribution is -2.35. The zero-order valence-electron chi connectivity index (χ0n) is 28.6. The van der Waals surface area contributed by atoms with E-state index in [0.29, 0.717) is 48.8 Å². The van der Waals surface area contributed by atoms with Crippen LogP contribution in [0, 0.1) is 17.5 Å². The monoisotopic (exact) mass is 772 g/mol. The van der Waals surface area contributed by atoms with Gasteiger partial charge in [-0.1, -0.05) is 24.3 Å². The third-order valence-corrected chi connectivity index (χ3v) is 8.41. The SMILES string of the molecule is CCOC(=O)CCCCCOc1ccc(C[C@@](CC(=O)c2ccc(F)c(C(F)(F)F)c2)(c2ccc(F)cc2)c2cc(F)cc(OC(F)(F)C(F)F)c2)cc1. The van der Waals surface area contributed by atoms with Gasteiger partial charge in [0.15, 0.2) is 5.78 Å². The van der Waals surface area contributed by atoms with Crippen molar-refractivity contribution in [2.45, 2.75) is 69.6 Å². The first kappa shape index (κ1) is 41.7. The van der Waals surface area contributed by atoms with Gasteiger partial charge in [0.05, 0.1) is 18.8 Å². The molecule has 0 heterocycles. The van der Waals surface area contributed by atoms with Crippen LogP contribution >= 0.6 is 0 Å². The Hall–Kier alpha value is -5.08. The van der Waals surface area contributed by atoms with E-state index < -0.39 is 70.7 Å². The number of unbranched alkanes of at least 4 members (excludes halogenated alkanes) is 2. The third kappa shape index (κ3) is 11.0. The number of benzene rings is 4. The maximum atomic E-state index is 15.2. The van der Waals surface area contributed by atoms with E-state index in [1.807, 2.05) is 0 Å². The average molecular weight is 773 g/mol. The molecule has 15 heteroatoms. The summed E-state index contributed by atoms with van der Waals surface area (Å²) in [7, 11) is 0. The molecule has 4 aromatic rings. The molecule has 0 fully saturated rings. The Morgan fingerprint density at radius 3 is 2.04 bits per heavy atom. The van der Waals surface area contributed by atoms with Crippen LogP contribution in [-0.2, 0) is 27.5 Å². The predicted molar refractivity (Wildman–Crippen MR) is 176 cm³/mol. The van der Waals surface area contributed by atoms with Gasteiger partial charge in [-0.05, 0) is 104 Å². The normalized spacial score (nSPS) is 13.0. The number of hydrogen-bond donors (Lipinski definition) is 0. The smallest absolute Gasteiger partial charge is 0.461 e. The van der Waals surface area contributed by atoms with Crippen LogP contribution in [0.2, 0.25) is 0 Å². The van der Waals surface area contributed by atoms with E-state index in [4.69, 9.17) is 9.47 Å². The van der Waals surface area contributed by atoms with Crippen molar-refractivity contribution < 1.29 is 67.7 Å². The quantitative estimate of drug-likeness (QED) is 0.0436. The van der Waals surface area contributed by atoms with Gasteiger partial charge >= 0.3 is 24.7 Å². The van der Waals surface area contributed by atoms with Crippen LogP contribution in [0.3, 0.4) is 0 Å². The second-order valence-corrected chi connectivity index (χ2v) is 12.3. The summed E-state index contributed by atoms with van der Waals surface area (Å²) in [5.74, 6) is -5.69. The summed E-state index contributed by atoms with van der Waals surface area (Å²) in [5.41, 5.74) is -4.16. The topological polar surface area (TPSA) is 61.8 Å². The zero-order chi connectivity index (χ0) is 39.7. The van der Waals surface area contributed by atoms with Crippen LogP contribution < -0.4 is 9.47 Å². The van der Waals surface area contributed by atoms with Gasteiger partial charge in [0, 0.05) is 29.9 Å². The number of ether oxygens (including phenoxy) is 3. The van der Waals surface area contributed by atoms with E-state index >= 15 is 4.39 Å². The number of hydrogen-bond acceptors (Lipinski definition) is 5. The maximum Gasteiger partial charge on any atom is 0.461 e. The van der Waals surface area contributed by atoms with Crippen LogP contribution in [0.25, 0.3) is 0 Å². The van der Waals surface area contributed by atoms with Gasteiger partial charge in [-0.2, -0.15) is 30.7 Å². The zero-order valence-corrected chi connectivity index (χ0v) is 28.6. The van der Waals surface area contributed by atoms with Crippen molar-refractivity contribution in [3.63, 3.8) is 0 Å². The number of rotatable bonds is 18. The largest absolute Gasteiger partial charge is 0.494 e. The van der Waals surface area contributed by atoms with Crippen molar-refractivity contribution in [2.24, 2.45) is 0 Å². The van der Waals surface area contributed by atoms with Gasteiger partial charge in [-0.15, -0.1) is 0 Å². The molecule has 0 saturated carbocycles. The molecular weight excluding hydrogens is 738 g/mol. The summed E-state index contributed by atoms with van der Waals surface area (Å²) in [5, 5.41) is 0. The average Bonchev–Trinajstić information content (AvgIpc) is 3.09. The van der Waals surface area contributed by atoms with E-state index in [1.54, 1.807) is 31.2 Å². The van der Waals surface area contributed by atoms with Crippen LogP contribution in [-0.4, -0.2) is 37.5 Å². The molecule has 0 N–H and O–H groups in total. The van der Waals surface area contributed by atoms with E-state index in [2.05, 4.69) is 4.74 Å². The summed E-state index contributed by atoms with van der Waals surface area (Å²) in [6.07, 6.45) is -13.6. The van der Waals surface area contributed by atoms with Crippen molar-refractivity contribution in [1.82, 2.24) is 0 Å². The molecule has 0 unspecified atom stereocenters. The molecule has 290 valence electrons.